The van der Waals surface area contributed by atoms with Gasteiger partial charge in [0.2, 0.25) is 0 Å². The third-order valence-electron chi connectivity index (χ3n) is 2.13. The molecule has 1 nitrogen and oxygen atoms in total. The van der Waals surface area contributed by atoms with Gasteiger partial charge in [-0.15, -0.1) is 0 Å². The second-order valence-electron chi connectivity index (χ2n) is 2.98. The fraction of sp³-hybridized carbons (Fsp3) is 1.00. The number of nitrogens with one attached hydrogen (secondary N) is 1. The molecule has 1 aliphatic heterocycles. The van der Waals surface area contributed by atoms with Gasteiger partial charge in [-0.3, -0.25) is 0 Å². The summed E-state index contributed by atoms with van der Waals surface area (Å²) in [6.45, 7) is 1.26. The molecule has 2 unspecified atom stereocenters. The highest BCUT2D eigenvalue weighted by molar-refractivity contribution is 7.99. The van der Waals surface area contributed by atoms with E-state index in [1.54, 1.807) is 0 Å². The molecule has 0 amide bonds. The van der Waals surface area contributed by atoms with E-state index in [2.05, 4.69) is 17.1 Å². The van der Waals surface area contributed by atoms with Crippen molar-refractivity contribution >= 4 is 11.8 Å². The number of fused-ring (bicyclic) bond motifs is 1. The Morgan fingerprint density at radius 2 is 2.44 bits per heavy atom. The van der Waals surface area contributed by atoms with Gasteiger partial charge in [0, 0.05) is 6.04 Å². The molecule has 0 aromatic rings. The lowest BCUT2D eigenvalue weighted by atomic mass is 10.4. The van der Waals surface area contributed by atoms with Gasteiger partial charge in [-0.25, -0.2) is 0 Å². The van der Waals surface area contributed by atoms with Crippen LogP contribution in [0.3, 0.4) is 0 Å². The molecule has 2 aliphatic rings. The highest BCUT2D eigenvalue weighted by Crippen LogP contribution is 2.34. The fourth-order valence-corrected chi connectivity index (χ4v) is 2.56. The van der Waals surface area contributed by atoms with Crippen molar-refractivity contribution in [2.75, 3.05) is 18.1 Å². The highest BCUT2D eigenvalue weighted by Gasteiger charge is 2.36. The Balaban J connectivity index is 1.81. The zero-order chi connectivity index (χ0) is 6.10. The molecule has 1 N–H and O–H groups in total. The number of hydrogen-bond acceptors (Lipinski definition) is 2. The van der Waals surface area contributed by atoms with Crippen LogP contribution in [0, 0.1) is 5.92 Å². The van der Waals surface area contributed by atoms with E-state index < -0.39 is 0 Å². The minimum absolute atomic E-state index is 0.915. The van der Waals surface area contributed by atoms with Gasteiger partial charge in [-0.1, -0.05) is 0 Å². The van der Waals surface area contributed by atoms with Crippen molar-refractivity contribution in [3.63, 3.8) is 0 Å². The van der Waals surface area contributed by atoms with Crippen molar-refractivity contribution in [1.82, 2.24) is 5.32 Å². The Hall–Kier alpha value is 0.310. The molecule has 1 aliphatic carbocycles. The van der Waals surface area contributed by atoms with Gasteiger partial charge >= 0.3 is 0 Å². The average molecular weight is 143 g/mol. The van der Waals surface area contributed by atoms with Gasteiger partial charge in [-0.05, 0) is 36.8 Å². The Morgan fingerprint density at radius 3 is 3.44 bits per heavy atom. The molecule has 0 aromatic carbocycles. The van der Waals surface area contributed by atoms with Crippen molar-refractivity contribution in [1.29, 1.82) is 0 Å². The summed E-state index contributed by atoms with van der Waals surface area (Å²) in [4.78, 5) is 0. The maximum atomic E-state index is 3.55. The first-order chi connectivity index (χ1) is 4.47. The van der Waals surface area contributed by atoms with Crippen LogP contribution in [0.25, 0.3) is 0 Å². The lowest BCUT2D eigenvalue weighted by Crippen LogP contribution is -2.22. The van der Waals surface area contributed by atoms with Gasteiger partial charge in [0.1, 0.15) is 0 Å². The first kappa shape index (κ1) is 6.05. The molecule has 1 saturated carbocycles. The molecule has 1 saturated heterocycles. The van der Waals surface area contributed by atoms with Gasteiger partial charge < -0.3 is 5.32 Å². The minimum Gasteiger partial charge on any atom is -0.314 e. The zero-order valence-corrected chi connectivity index (χ0v) is 6.41. The molecule has 9 heavy (non-hydrogen) atoms. The normalized spacial score (nSPS) is 42.7. The molecule has 0 radical (unpaired) electrons. The topological polar surface area (TPSA) is 12.0 Å². The molecule has 0 aromatic heterocycles. The van der Waals surface area contributed by atoms with Crippen LogP contribution in [0.2, 0.25) is 0 Å². The second-order valence-corrected chi connectivity index (χ2v) is 4.13. The minimum atomic E-state index is 0.915. The van der Waals surface area contributed by atoms with Crippen LogP contribution >= 0.6 is 11.8 Å². The number of hydrogen-bond donors (Lipinski definition) is 1. The molecule has 2 heteroatoms. The van der Waals surface area contributed by atoms with Crippen molar-refractivity contribution in [2.24, 2.45) is 5.92 Å². The first-order valence-electron chi connectivity index (χ1n) is 3.78. The number of rotatable bonds is 0. The SMILES string of the molecule is C1CNC2CC2CSC1. The summed E-state index contributed by atoms with van der Waals surface area (Å²) in [7, 11) is 0. The van der Waals surface area contributed by atoms with Crippen molar-refractivity contribution in [3.05, 3.63) is 0 Å². The van der Waals surface area contributed by atoms with Gasteiger partial charge in [0.25, 0.3) is 0 Å². The lowest BCUT2D eigenvalue weighted by molar-refractivity contribution is 0.639. The molecule has 2 atom stereocenters. The van der Waals surface area contributed by atoms with Gasteiger partial charge in [0.15, 0.2) is 0 Å². The maximum absolute atomic E-state index is 3.55. The van der Waals surface area contributed by atoms with Gasteiger partial charge in [-0.2, -0.15) is 11.8 Å². The quantitative estimate of drug-likeness (QED) is 0.545. The first-order valence-corrected chi connectivity index (χ1v) is 4.93. The summed E-state index contributed by atoms with van der Waals surface area (Å²) >= 11 is 2.14. The molecule has 0 bridgehead atoms. The smallest absolute Gasteiger partial charge is 0.0107 e. The van der Waals surface area contributed by atoms with Crippen LogP contribution in [0.5, 0.6) is 0 Å². The molecule has 2 rings (SSSR count). The van der Waals surface area contributed by atoms with E-state index in [0.717, 1.165) is 12.0 Å². The largest absolute Gasteiger partial charge is 0.314 e. The van der Waals surface area contributed by atoms with E-state index in [4.69, 9.17) is 0 Å². The molecule has 1 heterocycles. The van der Waals surface area contributed by atoms with Crippen LogP contribution in [-0.4, -0.2) is 24.1 Å². The molecular weight excluding hydrogens is 130 g/mol. The Morgan fingerprint density at radius 1 is 1.44 bits per heavy atom. The summed E-state index contributed by atoms with van der Waals surface area (Å²) < 4.78 is 0. The monoisotopic (exact) mass is 143 g/mol. The van der Waals surface area contributed by atoms with Crippen molar-refractivity contribution in [3.8, 4) is 0 Å². The standard InChI is InChI=1S/C7H13NS/c1-2-8-7-4-6(7)5-9-3-1/h6-8H,1-5H2. The molecule has 52 valence electrons. The highest BCUT2D eigenvalue weighted by atomic mass is 32.2. The third-order valence-corrected chi connectivity index (χ3v) is 3.37. The lowest BCUT2D eigenvalue weighted by Gasteiger charge is -2.07. The Bertz CT molecular complexity index is 93.1. The van der Waals surface area contributed by atoms with E-state index >= 15 is 0 Å². The summed E-state index contributed by atoms with van der Waals surface area (Å²) in [6, 6.07) is 0.915. The maximum Gasteiger partial charge on any atom is 0.0107 e. The van der Waals surface area contributed by atoms with E-state index in [0.29, 0.717) is 0 Å². The zero-order valence-electron chi connectivity index (χ0n) is 5.60. The van der Waals surface area contributed by atoms with Crippen molar-refractivity contribution < 1.29 is 0 Å². The molecule has 0 spiro atoms. The Labute approximate surface area is 60.6 Å². The third kappa shape index (κ3) is 1.41. The predicted molar refractivity (Wildman–Crippen MR) is 41.8 cm³/mol. The van der Waals surface area contributed by atoms with Gasteiger partial charge in [0.05, 0.1) is 0 Å². The Kier molecular flexibility index (Phi) is 1.68. The van der Waals surface area contributed by atoms with Crippen LogP contribution in [0.4, 0.5) is 0 Å². The fourth-order valence-electron chi connectivity index (χ4n) is 1.38. The average Bonchev–Trinajstić information content (AvgIpc) is 2.46. The molecule has 2 fully saturated rings. The number of thioether (sulfide) groups is 1. The van der Waals surface area contributed by atoms with E-state index in [9.17, 15) is 0 Å². The summed E-state index contributed by atoms with van der Waals surface area (Å²) in [5, 5.41) is 3.55. The van der Waals surface area contributed by atoms with Crippen LogP contribution in [0.1, 0.15) is 12.8 Å². The van der Waals surface area contributed by atoms with E-state index in [-0.39, 0.29) is 0 Å². The summed E-state index contributed by atoms with van der Waals surface area (Å²) in [6.07, 6.45) is 2.82. The summed E-state index contributed by atoms with van der Waals surface area (Å²) in [5.74, 6) is 3.82. The summed E-state index contributed by atoms with van der Waals surface area (Å²) in [5.41, 5.74) is 0. The van der Waals surface area contributed by atoms with Crippen LogP contribution in [0.15, 0.2) is 0 Å². The van der Waals surface area contributed by atoms with E-state index in [1.807, 2.05) is 0 Å². The molecular formula is C7H13NS. The van der Waals surface area contributed by atoms with Crippen LogP contribution < -0.4 is 5.32 Å². The second kappa shape index (κ2) is 2.51. The predicted octanol–water partition coefficient (Wildman–Crippen LogP) is 1.10. The van der Waals surface area contributed by atoms with E-state index in [1.165, 1.54) is 30.9 Å². The van der Waals surface area contributed by atoms with Crippen LogP contribution in [-0.2, 0) is 0 Å². The van der Waals surface area contributed by atoms with Crippen molar-refractivity contribution in [2.45, 2.75) is 18.9 Å².